The van der Waals surface area contributed by atoms with Gasteiger partial charge in [0.15, 0.2) is 0 Å². The van der Waals surface area contributed by atoms with Crippen molar-refractivity contribution in [2.45, 2.75) is 29.9 Å². The molecule has 0 bridgehead atoms. The van der Waals surface area contributed by atoms with Gasteiger partial charge in [-0.15, -0.1) is 0 Å². The van der Waals surface area contributed by atoms with Crippen molar-refractivity contribution >= 4 is 20.8 Å². The molecule has 0 amide bonds. The highest BCUT2D eigenvalue weighted by atomic mass is 32.2. The lowest BCUT2D eigenvalue weighted by atomic mass is 9.77. The quantitative estimate of drug-likeness (QED) is 0.946. The van der Waals surface area contributed by atoms with E-state index in [0.29, 0.717) is 10.8 Å². The molecule has 2 aromatic carbocycles. The predicted molar refractivity (Wildman–Crippen MR) is 80.5 cm³/mol. The van der Waals surface area contributed by atoms with Gasteiger partial charge >= 0.3 is 0 Å². The van der Waals surface area contributed by atoms with Gasteiger partial charge in [-0.2, -0.15) is 0 Å². The summed E-state index contributed by atoms with van der Waals surface area (Å²) in [6.07, 6.45) is 1.99. The molecule has 0 spiro atoms. The minimum Gasteiger partial charge on any atom is -0.378 e. The number of hydrogen-bond donors (Lipinski definition) is 1. The van der Waals surface area contributed by atoms with Gasteiger partial charge < -0.3 is 4.74 Å². The normalized spacial score (nSPS) is 28.3. The van der Waals surface area contributed by atoms with Crippen molar-refractivity contribution in [3.8, 4) is 0 Å². The van der Waals surface area contributed by atoms with E-state index in [-0.39, 0.29) is 12.1 Å². The first-order valence-corrected chi connectivity index (χ1v) is 8.75. The molecule has 4 rings (SSSR count). The summed E-state index contributed by atoms with van der Waals surface area (Å²) in [6, 6.07) is 13.0. The molecule has 5 heteroatoms. The summed E-state index contributed by atoms with van der Waals surface area (Å²) >= 11 is 0. The Kier molecular flexibility index (Phi) is 3.03. The van der Waals surface area contributed by atoms with Gasteiger partial charge in [0.1, 0.15) is 0 Å². The average Bonchev–Trinajstić information content (AvgIpc) is 2.85. The van der Waals surface area contributed by atoms with E-state index in [9.17, 15) is 8.42 Å². The Balaban J connectivity index is 1.67. The monoisotopic (exact) mass is 303 g/mol. The van der Waals surface area contributed by atoms with Gasteiger partial charge in [0.25, 0.3) is 0 Å². The second kappa shape index (κ2) is 4.80. The van der Waals surface area contributed by atoms with Crippen LogP contribution in [0.4, 0.5) is 0 Å². The molecule has 21 heavy (non-hydrogen) atoms. The van der Waals surface area contributed by atoms with Crippen LogP contribution in [0.5, 0.6) is 0 Å². The van der Waals surface area contributed by atoms with Crippen molar-refractivity contribution in [2.75, 3.05) is 6.61 Å². The summed E-state index contributed by atoms with van der Waals surface area (Å²) in [6.45, 7) is 0.752. The molecular formula is C16H17NO3S. The van der Waals surface area contributed by atoms with Gasteiger partial charge in [-0.05, 0) is 24.3 Å². The number of ether oxygens (including phenoxy) is 1. The third-order valence-electron chi connectivity index (χ3n) is 4.61. The van der Waals surface area contributed by atoms with Crippen LogP contribution >= 0.6 is 0 Å². The number of hydrogen-bond acceptors (Lipinski definition) is 3. The van der Waals surface area contributed by atoms with Crippen LogP contribution in [0.1, 0.15) is 12.8 Å². The smallest absolute Gasteiger partial charge is 0.241 e. The molecule has 4 nitrogen and oxygen atoms in total. The third-order valence-corrected chi connectivity index (χ3v) is 6.16. The van der Waals surface area contributed by atoms with Gasteiger partial charge in [-0.1, -0.05) is 36.4 Å². The van der Waals surface area contributed by atoms with Gasteiger partial charge in [0, 0.05) is 24.0 Å². The van der Waals surface area contributed by atoms with Crippen LogP contribution in [-0.4, -0.2) is 27.2 Å². The highest BCUT2D eigenvalue weighted by molar-refractivity contribution is 7.89. The van der Waals surface area contributed by atoms with Gasteiger partial charge in [0.05, 0.1) is 11.0 Å². The topological polar surface area (TPSA) is 55.4 Å². The second-order valence-corrected chi connectivity index (χ2v) is 7.48. The van der Waals surface area contributed by atoms with Crippen molar-refractivity contribution < 1.29 is 13.2 Å². The highest BCUT2D eigenvalue weighted by Crippen LogP contribution is 2.39. The predicted octanol–water partition coefficient (Wildman–Crippen LogP) is 2.30. The number of benzene rings is 2. The van der Waals surface area contributed by atoms with E-state index in [4.69, 9.17) is 4.74 Å². The Bertz CT molecular complexity index is 782. The Morgan fingerprint density at radius 2 is 1.90 bits per heavy atom. The fourth-order valence-corrected chi connectivity index (χ4v) is 4.96. The van der Waals surface area contributed by atoms with E-state index in [2.05, 4.69) is 4.72 Å². The number of nitrogens with one attached hydrogen (secondary N) is 1. The second-order valence-electron chi connectivity index (χ2n) is 5.80. The fraction of sp³-hybridized carbons (Fsp3) is 0.375. The summed E-state index contributed by atoms with van der Waals surface area (Å²) in [5, 5.41) is 1.71. The van der Waals surface area contributed by atoms with Crippen molar-refractivity contribution in [3.05, 3.63) is 42.5 Å². The van der Waals surface area contributed by atoms with E-state index in [1.54, 1.807) is 12.1 Å². The number of rotatable bonds is 3. The number of fused-ring (bicyclic) bond motifs is 2. The molecule has 1 aliphatic carbocycles. The summed E-state index contributed by atoms with van der Waals surface area (Å²) in [5.41, 5.74) is 0. The maximum atomic E-state index is 12.7. The minimum absolute atomic E-state index is 0.0152. The lowest BCUT2D eigenvalue weighted by molar-refractivity contribution is 0.0143. The van der Waals surface area contributed by atoms with Crippen LogP contribution in [0.25, 0.3) is 10.8 Å². The van der Waals surface area contributed by atoms with Crippen LogP contribution in [0.15, 0.2) is 47.4 Å². The third kappa shape index (κ3) is 2.16. The largest absolute Gasteiger partial charge is 0.378 e. The lowest BCUT2D eigenvalue weighted by Crippen LogP contribution is -2.53. The van der Waals surface area contributed by atoms with Crippen molar-refractivity contribution in [3.63, 3.8) is 0 Å². The molecule has 1 saturated carbocycles. The SMILES string of the molecule is O=S(=O)(N[C@@H]1C[C@H]2OCC[C@@H]12)c1cccc2ccccc12. The van der Waals surface area contributed by atoms with E-state index in [1.807, 2.05) is 30.3 Å². The summed E-state index contributed by atoms with van der Waals surface area (Å²) in [5.74, 6) is 0.342. The molecular weight excluding hydrogens is 286 g/mol. The Hall–Kier alpha value is -1.43. The molecule has 0 radical (unpaired) electrons. The van der Waals surface area contributed by atoms with Crippen LogP contribution in [0.3, 0.4) is 0 Å². The van der Waals surface area contributed by atoms with Gasteiger partial charge in [-0.25, -0.2) is 13.1 Å². The van der Waals surface area contributed by atoms with Crippen molar-refractivity contribution in [2.24, 2.45) is 5.92 Å². The minimum atomic E-state index is -3.49. The Labute approximate surface area is 124 Å². The zero-order valence-corrected chi connectivity index (χ0v) is 12.3. The molecule has 1 saturated heterocycles. The first-order chi connectivity index (χ1) is 10.1. The first-order valence-electron chi connectivity index (χ1n) is 7.27. The molecule has 0 unspecified atom stereocenters. The molecule has 1 N–H and O–H groups in total. The van der Waals surface area contributed by atoms with Gasteiger partial charge in [-0.3, -0.25) is 0 Å². The zero-order valence-electron chi connectivity index (χ0n) is 11.5. The molecule has 3 atom stereocenters. The van der Waals surface area contributed by atoms with E-state index in [0.717, 1.165) is 30.2 Å². The standard InChI is InChI=1S/C16H17NO3S/c18-21(19,17-14-10-15-13(14)8-9-20-15)16-7-3-5-11-4-1-2-6-12(11)16/h1-7,13-15,17H,8-10H2/t13-,14+,15+/m0/s1. The summed E-state index contributed by atoms with van der Waals surface area (Å²) in [4.78, 5) is 0.364. The maximum Gasteiger partial charge on any atom is 0.241 e. The number of sulfonamides is 1. The van der Waals surface area contributed by atoms with Crippen molar-refractivity contribution in [1.82, 2.24) is 4.72 Å². The van der Waals surface area contributed by atoms with E-state index in [1.165, 1.54) is 0 Å². The molecule has 1 aliphatic heterocycles. The Morgan fingerprint density at radius 1 is 1.10 bits per heavy atom. The maximum absolute atomic E-state index is 12.7. The van der Waals surface area contributed by atoms with Crippen LogP contribution in [-0.2, 0) is 14.8 Å². The first kappa shape index (κ1) is 13.2. The summed E-state index contributed by atoms with van der Waals surface area (Å²) in [7, 11) is -3.49. The molecule has 0 aromatic heterocycles. The molecule has 2 aliphatic rings. The fourth-order valence-electron chi connectivity index (χ4n) is 3.43. The summed E-state index contributed by atoms with van der Waals surface area (Å²) < 4.78 is 33.8. The van der Waals surface area contributed by atoms with E-state index < -0.39 is 10.0 Å². The molecule has 1 heterocycles. The zero-order chi connectivity index (χ0) is 14.4. The van der Waals surface area contributed by atoms with Gasteiger partial charge in [0.2, 0.25) is 10.0 Å². The van der Waals surface area contributed by atoms with Crippen molar-refractivity contribution in [1.29, 1.82) is 0 Å². The van der Waals surface area contributed by atoms with Crippen LogP contribution in [0.2, 0.25) is 0 Å². The lowest BCUT2D eigenvalue weighted by Gasteiger charge is -2.39. The molecule has 2 aromatic rings. The average molecular weight is 303 g/mol. The Morgan fingerprint density at radius 3 is 2.76 bits per heavy atom. The highest BCUT2D eigenvalue weighted by Gasteiger charge is 2.46. The van der Waals surface area contributed by atoms with E-state index >= 15 is 0 Å². The molecule has 110 valence electrons. The van der Waals surface area contributed by atoms with Crippen LogP contribution < -0.4 is 4.72 Å². The molecule has 2 fully saturated rings. The van der Waals surface area contributed by atoms with Crippen LogP contribution in [0, 0.1) is 5.92 Å².